The van der Waals surface area contributed by atoms with Crippen LogP contribution in [-0.4, -0.2) is 27.2 Å². The van der Waals surface area contributed by atoms with E-state index in [2.05, 4.69) is 4.98 Å². The highest BCUT2D eigenvalue weighted by Gasteiger charge is 2.33. The molecule has 0 amide bonds. The van der Waals surface area contributed by atoms with Crippen molar-refractivity contribution in [2.45, 2.75) is 26.1 Å². The van der Waals surface area contributed by atoms with Gasteiger partial charge in [-0.25, -0.2) is 13.6 Å². The molecule has 0 saturated heterocycles. The van der Waals surface area contributed by atoms with Crippen LogP contribution in [0.1, 0.15) is 39.2 Å². The van der Waals surface area contributed by atoms with E-state index in [4.69, 9.17) is 16.3 Å². The van der Waals surface area contributed by atoms with Crippen LogP contribution in [0.5, 0.6) is 5.75 Å². The number of hydrogen-bond donors (Lipinski definition) is 1. The summed E-state index contributed by atoms with van der Waals surface area (Å²) in [6.45, 7) is 0.653. The predicted molar refractivity (Wildman–Crippen MR) is 150 cm³/mol. The molecular weight excluding hydrogens is 617 g/mol. The number of carbonyl (C=O) groups is 1. The van der Waals surface area contributed by atoms with E-state index in [-0.39, 0.29) is 35.7 Å². The van der Waals surface area contributed by atoms with E-state index >= 15 is 0 Å². The van der Waals surface area contributed by atoms with Crippen molar-refractivity contribution < 1.29 is 36.6 Å². The Morgan fingerprint density at radius 2 is 1.95 bits per heavy atom. The summed E-state index contributed by atoms with van der Waals surface area (Å²) in [6.07, 6.45) is -6.74. The number of carboxylic acid groups (broad SMARTS) is 1. The zero-order valence-corrected chi connectivity index (χ0v) is 23.4. The number of pyridine rings is 2. The summed E-state index contributed by atoms with van der Waals surface area (Å²) in [6, 6.07) is 8.77. The molecule has 7 nitrogen and oxygen atoms in total. The largest absolute Gasteiger partial charge is 0.491 e. The molecule has 5 aromatic rings. The molecule has 0 bridgehead atoms. The maximum absolute atomic E-state index is 14.2. The number of fused-ring (bicyclic) bond motifs is 2. The SMILES string of the molecule is Cc1c(C(F)F)c2cc(C(F)(F)F)cc(C#N)c2c(=O)n1CCOc1ccc(Cl)cc1-c1ccnc2c(C(=O)O)csc12. The van der Waals surface area contributed by atoms with Gasteiger partial charge in [-0.05, 0) is 48.7 Å². The van der Waals surface area contributed by atoms with Gasteiger partial charge in [-0.3, -0.25) is 9.78 Å². The monoisotopic (exact) mass is 633 g/mol. The van der Waals surface area contributed by atoms with Gasteiger partial charge in [-0.15, -0.1) is 11.3 Å². The number of nitriles is 1. The summed E-state index contributed by atoms with van der Waals surface area (Å²) >= 11 is 7.40. The van der Waals surface area contributed by atoms with E-state index in [9.17, 15) is 41.9 Å². The molecule has 1 N–H and O–H groups in total. The number of carboxylic acids is 1. The van der Waals surface area contributed by atoms with Crippen molar-refractivity contribution >= 4 is 49.9 Å². The quantitative estimate of drug-likeness (QED) is 0.183. The van der Waals surface area contributed by atoms with E-state index in [1.165, 1.54) is 30.6 Å². The summed E-state index contributed by atoms with van der Waals surface area (Å²) in [5.41, 5.74) is -2.66. The Labute approximate surface area is 248 Å². The standard InChI is InChI=1S/C29H17ClF5N3O4S/c1-13-22(26(31)32)19-9-15(29(33,34)35)8-14(11-36)23(19)27(39)38(13)6-7-42-21-3-2-16(30)10-18(21)17-4-5-37-24-20(28(40)41)12-43-25(17)24/h2-5,8-10,12,26H,6-7H2,1H3,(H,40,41). The molecule has 43 heavy (non-hydrogen) atoms. The normalized spacial score (nSPS) is 11.8. The van der Waals surface area contributed by atoms with Gasteiger partial charge < -0.3 is 14.4 Å². The number of thiophene rings is 1. The van der Waals surface area contributed by atoms with Crippen molar-refractivity contribution in [2.24, 2.45) is 0 Å². The van der Waals surface area contributed by atoms with Gasteiger partial charge in [0.15, 0.2) is 0 Å². The molecular formula is C29H17ClF5N3O4S. The Balaban J connectivity index is 1.56. The molecule has 5 rings (SSSR count). The highest BCUT2D eigenvalue weighted by Crippen LogP contribution is 2.40. The number of hydrogen-bond acceptors (Lipinski definition) is 6. The van der Waals surface area contributed by atoms with E-state index in [0.29, 0.717) is 33.0 Å². The minimum absolute atomic E-state index is 0.0198. The highest BCUT2D eigenvalue weighted by atomic mass is 35.5. The van der Waals surface area contributed by atoms with Gasteiger partial charge in [-0.1, -0.05) is 11.6 Å². The molecule has 0 aliphatic heterocycles. The summed E-state index contributed by atoms with van der Waals surface area (Å²) < 4.78 is 76.2. The topological polar surface area (TPSA) is 105 Å². The average molecular weight is 634 g/mol. The zero-order valence-electron chi connectivity index (χ0n) is 21.8. The van der Waals surface area contributed by atoms with Crippen molar-refractivity contribution in [3.8, 4) is 22.9 Å². The van der Waals surface area contributed by atoms with Crippen molar-refractivity contribution in [1.29, 1.82) is 5.26 Å². The molecule has 3 aromatic heterocycles. The lowest BCUT2D eigenvalue weighted by molar-refractivity contribution is -0.137. The van der Waals surface area contributed by atoms with Crippen LogP contribution in [0.4, 0.5) is 22.0 Å². The lowest BCUT2D eigenvalue weighted by Crippen LogP contribution is -2.28. The number of alkyl halides is 5. The molecule has 0 aliphatic rings. The Morgan fingerprint density at radius 3 is 2.60 bits per heavy atom. The van der Waals surface area contributed by atoms with Crippen molar-refractivity contribution in [3.63, 3.8) is 0 Å². The van der Waals surface area contributed by atoms with Gasteiger partial charge >= 0.3 is 12.1 Å². The third-order valence-electron chi connectivity index (χ3n) is 6.84. The molecule has 0 saturated carbocycles. The first-order valence-electron chi connectivity index (χ1n) is 12.3. The fraction of sp³-hybridized carbons (Fsp3) is 0.172. The molecule has 0 radical (unpaired) electrons. The fourth-order valence-electron chi connectivity index (χ4n) is 4.89. The van der Waals surface area contributed by atoms with Gasteiger partial charge in [0.05, 0.1) is 44.9 Å². The van der Waals surface area contributed by atoms with Crippen LogP contribution < -0.4 is 10.3 Å². The number of aromatic carboxylic acids is 1. The minimum atomic E-state index is -4.93. The third-order valence-corrected chi connectivity index (χ3v) is 8.07. The first-order chi connectivity index (χ1) is 20.3. The molecule has 3 heterocycles. The molecule has 0 aliphatic carbocycles. The van der Waals surface area contributed by atoms with Crippen LogP contribution in [0, 0.1) is 18.3 Å². The van der Waals surface area contributed by atoms with Crippen LogP contribution in [-0.2, 0) is 12.7 Å². The predicted octanol–water partition coefficient (Wildman–Crippen LogP) is 7.85. The smallest absolute Gasteiger partial charge is 0.416 e. The van der Waals surface area contributed by atoms with Crippen LogP contribution in [0.25, 0.3) is 32.1 Å². The summed E-state index contributed by atoms with van der Waals surface area (Å²) in [7, 11) is 0. The van der Waals surface area contributed by atoms with Crippen LogP contribution in [0.2, 0.25) is 5.02 Å². The molecule has 0 unspecified atom stereocenters. The minimum Gasteiger partial charge on any atom is -0.491 e. The van der Waals surface area contributed by atoms with E-state index < -0.39 is 51.6 Å². The molecule has 0 atom stereocenters. The van der Waals surface area contributed by atoms with Crippen molar-refractivity contribution in [3.05, 3.63) is 91.3 Å². The summed E-state index contributed by atoms with van der Waals surface area (Å²) in [4.78, 5) is 29.2. The van der Waals surface area contributed by atoms with Crippen molar-refractivity contribution in [2.75, 3.05) is 6.61 Å². The second kappa shape index (κ2) is 11.3. The molecule has 14 heteroatoms. The second-order valence-corrected chi connectivity index (χ2v) is 10.6. The first kappa shape index (κ1) is 29.9. The van der Waals surface area contributed by atoms with E-state index in [1.807, 2.05) is 0 Å². The number of nitrogens with zero attached hydrogens (tertiary/aromatic N) is 3. The summed E-state index contributed by atoms with van der Waals surface area (Å²) in [5, 5.41) is 19.6. The first-order valence-corrected chi connectivity index (χ1v) is 13.6. The second-order valence-electron chi connectivity index (χ2n) is 9.29. The Morgan fingerprint density at radius 1 is 1.21 bits per heavy atom. The number of ether oxygens (including phenoxy) is 1. The number of aromatic nitrogens is 2. The number of benzene rings is 2. The summed E-state index contributed by atoms with van der Waals surface area (Å²) in [5.74, 6) is -0.873. The highest BCUT2D eigenvalue weighted by molar-refractivity contribution is 7.18. The van der Waals surface area contributed by atoms with Gasteiger partial charge in [-0.2, -0.15) is 18.4 Å². The lowest BCUT2D eigenvalue weighted by atomic mass is 9.97. The van der Waals surface area contributed by atoms with Crippen LogP contribution in [0.15, 0.2) is 52.8 Å². The maximum Gasteiger partial charge on any atom is 0.416 e. The third kappa shape index (κ3) is 5.39. The van der Waals surface area contributed by atoms with Crippen LogP contribution >= 0.6 is 22.9 Å². The van der Waals surface area contributed by atoms with E-state index in [1.54, 1.807) is 18.2 Å². The fourth-order valence-corrected chi connectivity index (χ4v) is 6.09. The van der Waals surface area contributed by atoms with Crippen LogP contribution in [0.3, 0.4) is 0 Å². The Kier molecular flexibility index (Phi) is 7.85. The number of halogens is 6. The maximum atomic E-state index is 14.2. The van der Waals surface area contributed by atoms with Gasteiger partial charge in [0.2, 0.25) is 0 Å². The van der Waals surface area contributed by atoms with Gasteiger partial charge in [0, 0.05) is 39.0 Å². The molecule has 220 valence electrons. The molecule has 0 fully saturated rings. The van der Waals surface area contributed by atoms with E-state index in [0.717, 1.165) is 15.9 Å². The van der Waals surface area contributed by atoms with Gasteiger partial charge in [0.1, 0.15) is 12.4 Å². The Bertz CT molecular complexity index is 2030. The molecule has 0 spiro atoms. The lowest BCUT2D eigenvalue weighted by Gasteiger charge is -2.19. The molecule has 2 aromatic carbocycles. The number of rotatable bonds is 7. The zero-order chi connectivity index (χ0) is 31.2. The average Bonchev–Trinajstić information content (AvgIpc) is 3.39. The van der Waals surface area contributed by atoms with Crippen molar-refractivity contribution in [1.82, 2.24) is 9.55 Å². The Hall–Kier alpha value is -4.54. The van der Waals surface area contributed by atoms with Gasteiger partial charge in [0.25, 0.3) is 12.0 Å².